The van der Waals surface area contributed by atoms with Crippen molar-refractivity contribution in [2.45, 2.75) is 19.4 Å². The number of H-pyrrole nitrogens is 1. The van der Waals surface area contributed by atoms with Crippen LogP contribution in [-0.2, 0) is 11.3 Å². The van der Waals surface area contributed by atoms with Gasteiger partial charge in [0.15, 0.2) is 0 Å². The molecule has 1 aromatic heterocycles. The van der Waals surface area contributed by atoms with Crippen molar-refractivity contribution in [1.29, 1.82) is 0 Å². The van der Waals surface area contributed by atoms with Crippen LogP contribution in [0.4, 0.5) is 5.69 Å². The average Bonchev–Trinajstić information content (AvgIpc) is 2.53. The third-order valence-electron chi connectivity index (χ3n) is 2.85. The zero-order chi connectivity index (χ0) is 11.1. The molecule has 16 heavy (non-hydrogen) atoms. The predicted octanol–water partition coefficient (Wildman–Crippen LogP) is 1.06. The first-order chi connectivity index (χ1) is 7.75. The number of aromatic amines is 1. The highest BCUT2D eigenvalue weighted by atomic mass is 16.2. The van der Waals surface area contributed by atoms with Crippen LogP contribution in [0.2, 0.25) is 0 Å². The van der Waals surface area contributed by atoms with Crippen molar-refractivity contribution >= 4 is 22.6 Å². The van der Waals surface area contributed by atoms with E-state index in [1.165, 1.54) is 0 Å². The first kappa shape index (κ1) is 9.21. The van der Waals surface area contributed by atoms with Crippen molar-refractivity contribution in [3.63, 3.8) is 0 Å². The number of carbonyl (C=O) groups is 1. The first-order valence-electron chi connectivity index (χ1n) is 5.27. The summed E-state index contributed by atoms with van der Waals surface area (Å²) in [5, 5.41) is 2.82. The third kappa shape index (κ3) is 1.25. The zero-order valence-corrected chi connectivity index (χ0v) is 8.62. The number of amides is 1. The summed E-state index contributed by atoms with van der Waals surface area (Å²) in [5.41, 5.74) is 2.16. The summed E-state index contributed by atoms with van der Waals surface area (Å²) < 4.78 is 1.68. The Kier molecular flexibility index (Phi) is 1.86. The molecular formula is C11H11N3O2. The number of anilines is 1. The highest BCUT2D eigenvalue weighted by Gasteiger charge is 2.15. The summed E-state index contributed by atoms with van der Waals surface area (Å²) in [5.74, 6) is 0.00685. The highest BCUT2D eigenvalue weighted by molar-refractivity contribution is 5.99. The van der Waals surface area contributed by atoms with Crippen LogP contribution in [0.15, 0.2) is 23.0 Å². The van der Waals surface area contributed by atoms with Gasteiger partial charge in [-0.1, -0.05) is 6.07 Å². The standard InChI is InChI=1S/C11H11N3O2/c15-9-5-2-6-14-10-7(12-9)3-1-4-8(10)13-11(14)16/h1,3-4H,2,5-6H2,(H,12,15)(H,13,16). The minimum atomic E-state index is -0.112. The monoisotopic (exact) mass is 217 g/mol. The van der Waals surface area contributed by atoms with Crippen molar-refractivity contribution in [3.05, 3.63) is 28.7 Å². The largest absolute Gasteiger partial charge is 0.326 e. The third-order valence-corrected chi connectivity index (χ3v) is 2.85. The van der Waals surface area contributed by atoms with Crippen LogP contribution in [0.1, 0.15) is 12.8 Å². The maximum atomic E-state index is 11.7. The Morgan fingerprint density at radius 3 is 3.00 bits per heavy atom. The maximum Gasteiger partial charge on any atom is 0.326 e. The van der Waals surface area contributed by atoms with Crippen LogP contribution in [0.5, 0.6) is 0 Å². The number of nitrogens with zero attached hydrogens (tertiary/aromatic N) is 1. The van der Waals surface area contributed by atoms with Crippen LogP contribution >= 0.6 is 0 Å². The van der Waals surface area contributed by atoms with Crippen molar-refractivity contribution in [3.8, 4) is 0 Å². The smallest absolute Gasteiger partial charge is 0.324 e. The van der Waals surface area contributed by atoms with E-state index in [4.69, 9.17) is 0 Å². The van der Waals surface area contributed by atoms with E-state index in [0.717, 1.165) is 11.0 Å². The molecular weight excluding hydrogens is 206 g/mol. The molecule has 82 valence electrons. The van der Waals surface area contributed by atoms with E-state index >= 15 is 0 Å². The van der Waals surface area contributed by atoms with Crippen molar-refractivity contribution in [2.75, 3.05) is 5.32 Å². The minimum Gasteiger partial charge on any atom is -0.324 e. The summed E-state index contributed by atoms with van der Waals surface area (Å²) in [4.78, 5) is 26.0. The molecule has 1 aromatic carbocycles. The topological polar surface area (TPSA) is 66.9 Å². The SMILES string of the molecule is O=C1CCCn2c(=O)[nH]c3cccc(c32)N1. The molecule has 1 aliphatic heterocycles. The van der Waals surface area contributed by atoms with Gasteiger partial charge < -0.3 is 10.3 Å². The lowest BCUT2D eigenvalue weighted by atomic mass is 10.2. The van der Waals surface area contributed by atoms with Gasteiger partial charge in [-0.05, 0) is 18.6 Å². The first-order valence-corrected chi connectivity index (χ1v) is 5.27. The fraction of sp³-hybridized carbons (Fsp3) is 0.273. The molecule has 0 bridgehead atoms. The number of nitrogens with one attached hydrogen (secondary N) is 2. The molecule has 0 unspecified atom stereocenters. The molecule has 2 aromatic rings. The molecule has 3 rings (SSSR count). The van der Waals surface area contributed by atoms with Crippen molar-refractivity contribution < 1.29 is 4.79 Å². The molecule has 0 spiro atoms. The summed E-state index contributed by atoms with van der Waals surface area (Å²) in [6.07, 6.45) is 1.14. The Morgan fingerprint density at radius 1 is 1.25 bits per heavy atom. The number of benzene rings is 1. The molecule has 0 saturated carbocycles. The van der Waals surface area contributed by atoms with Crippen molar-refractivity contribution in [1.82, 2.24) is 9.55 Å². The highest BCUT2D eigenvalue weighted by Crippen LogP contribution is 2.23. The van der Waals surface area contributed by atoms with E-state index in [2.05, 4.69) is 10.3 Å². The Labute approximate surface area is 91.1 Å². The Morgan fingerprint density at radius 2 is 2.12 bits per heavy atom. The van der Waals surface area contributed by atoms with E-state index < -0.39 is 0 Å². The Bertz CT molecular complexity index is 624. The second-order valence-corrected chi connectivity index (χ2v) is 3.94. The lowest BCUT2D eigenvalue weighted by molar-refractivity contribution is -0.116. The molecule has 5 nitrogen and oxygen atoms in total. The molecule has 0 aliphatic carbocycles. The number of aryl methyl sites for hydroxylation is 1. The lowest BCUT2D eigenvalue weighted by Crippen LogP contribution is -2.21. The average molecular weight is 217 g/mol. The zero-order valence-electron chi connectivity index (χ0n) is 8.62. The number of hydrogen-bond acceptors (Lipinski definition) is 2. The Hall–Kier alpha value is -2.04. The van der Waals surface area contributed by atoms with Crippen LogP contribution in [0, 0.1) is 0 Å². The quantitative estimate of drug-likeness (QED) is 0.693. The summed E-state index contributed by atoms with van der Waals surface area (Å²) in [6, 6.07) is 5.47. The number of aromatic nitrogens is 2. The van der Waals surface area contributed by atoms with Gasteiger partial charge in [-0.15, -0.1) is 0 Å². The fourth-order valence-corrected chi connectivity index (χ4v) is 2.14. The van der Waals surface area contributed by atoms with Gasteiger partial charge in [-0.25, -0.2) is 4.79 Å². The summed E-state index contributed by atoms with van der Waals surface area (Å²) >= 11 is 0. The van der Waals surface area contributed by atoms with Crippen LogP contribution in [0.25, 0.3) is 11.0 Å². The molecule has 1 amide bonds. The van der Waals surface area contributed by atoms with E-state index in [1.807, 2.05) is 18.2 Å². The van der Waals surface area contributed by atoms with E-state index in [-0.39, 0.29) is 11.6 Å². The number of rotatable bonds is 0. The van der Waals surface area contributed by atoms with Gasteiger partial charge in [-0.2, -0.15) is 0 Å². The minimum absolute atomic E-state index is 0.00685. The number of para-hydroxylation sites is 1. The van der Waals surface area contributed by atoms with Crippen LogP contribution < -0.4 is 11.0 Å². The summed E-state index contributed by atoms with van der Waals surface area (Å²) in [7, 11) is 0. The van der Waals surface area contributed by atoms with Gasteiger partial charge in [0.25, 0.3) is 0 Å². The second kappa shape index (κ2) is 3.23. The molecule has 0 radical (unpaired) electrons. The molecule has 5 heteroatoms. The van der Waals surface area contributed by atoms with Gasteiger partial charge in [0.1, 0.15) is 0 Å². The number of hydrogen-bond donors (Lipinski definition) is 2. The van der Waals surface area contributed by atoms with Gasteiger partial charge in [-0.3, -0.25) is 9.36 Å². The van der Waals surface area contributed by atoms with Crippen molar-refractivity contribution in [2.24, 2.45) is 0 Å². The molecule has 0 saturated heterocycles. The predicted molar refractivity (Wildman–Crippen MR) is 60.4 cm³/mol. The van der Waals surface area contributed by atoms with Gasteiger partial charge in [0.2, 0.25) is 5.91 Å². The maximum absolute atomic E-state index is 11.7. The van der Waals surface area contributed by atoms with E-state index in [9.17, 15) is 9.59 Å². The molecule has 0 fully saturated rings. The summed E-state index contributed by atoms with van der Waals surface area (Å²) in [6.45, 7) is 0.587. The second-order valence-electron chi connectivity index (χ2n) is 3.94. The normalized spacial score (nSPS) is 15.6. The Balaban J connectivity index is 2.36. The van der Waals surface area contributed by atoms with Gasteiger partial charge >= 0.3 is 5.69 Å². The molecule has 0 atom stereocenters. The van der Waals surface area contributed by atoms with E-state index in [0.29, 0.717) is 25.1 Å². The molecule has 2 N–H and O–H groups in total. The van der Waals surface area contributed by atoms with Crippen LogP contribution in [-0.4, -0.2) is 15.5 Å². The fourth-order valence-electron chi connectivity index (χ4n) is 2.14. The van der Waals surface area contributed by atoms with Crippen LogP contribution in [0.3, 0.4) is 0 Å². The lowest BCUT2D eigenvalue weighted by Gasteiger charge is -2.12. The van der Waals surface area contributed by atoms with E-state index in [1.54, 1.807) is 4.57 Å². The van der Waals surface area contributed by atoms with Gasteiger partial charge in [0.05, 0.1) is 16.7 Å². The molecule has 2 heterocycles. The number of imidazole rings is 1. The number of carbonyl (C=O) groups excluding carboxylic acids is 1. The van der Waals surface area contributed by atoms with Gasteiger partial charge in [0, 0.05) is 13.0 Å². The molecule has 1 aliphatic rings.